The highest BCUT2D eigenvalue weighted by Crippen LogP contribution is 2.40. The predicted octanol–water partition coefficient (Wildman–Crippen LogP) is 6.61. The lowest BCUT2D eigenvalue weighted by Crippen LogP contribution is -2.41. The molecule has 6 heteroatoms. The summed E-state index contributed by atoms with van der Waals surface area (Å²) in [5.41, 5.74) is 8.05. The fraction of sp³-hybridized carbons (Fsp3) is 0.765. The number of nitrogens with one attached hydrogen (secondary N) is 1. The Morgan fingerprint density at radius 3 is 2.35 bits per heavy atom. The summed E-state index contributed by atoms with van der Waals surface area (Å²) in [4.78, 5) is 11.8. The molecular formula is C34H58N6. The summed E-state index contributed by atoms with van der Waals surface area (Å²) in [6.45, 7) is 16.7. The molecule has 1 aromatic rings. The maximum absolute atomic E-state index is 9.20. The number of hydrogen-bond donors (Lipinski definition) is 2. The second-order valence-electron chi connectivity index (χ2n) is 14.4. The van der Waals surface area contributed by atoms with Crippen LogP contribution in [-0.2, 0) is 6.42 Å². The van der Waals surface area contributed by atoms with E-state index >= 15 is 0 Å². The monoisotopic (exact) mass is 550 g/mol. The molecule has 2 heterocycles. The highest BCUT2D eigenvalue weighted by atomic mass is 15.4. The van der Waals surface area contributed by atoms with E-state index in [1.165, 1.54) is 44.1 Å². The van der Waals surface area contributed by atoms with Crippen LogP contribution in [-0.4, -0.2) is 71.4 Å². The molecule has 1 saturated carbocycles. The number of nitrogens with two attached hydrogens (primary N) is 1. The van der Waals surface area contributed by atoms with Gasteiger partial charge in [-0.2, -0.15) is 0 Å². The Hall–Kier alpha value is -2.24. The first-order valence-electron chi connectivity index (χ1n) is 16.3. The standard InChI is InChI=1S/C34H58N6/c1-26(2)12-11-21-39-30(23-37-32(39)35)15-9-10-20-38-25-31(22-27-13-7-6-8-14-27)40(33(38)36)24-28-16-18-29(19-17-28)34(3,4)5/h6-8,13-14,26,28-31,36H,9-12,15-25H2,1-5H3,(H2,35,37)/t28?,29?,30-,31+/m0/s1. The average Bonchev–Trinajstić information content (AvgIpc) is 3.41. The summed E-state index contributed by atoms with van der Waals surface area (Å²) < 4.78 is 0. The quantitative estimate of drug-likeness (QED) is 0.271. The molecule has 0 amide bonds. The summed E-state index contributed by atoms with van der Waals surface area (Å²) in [6, 6.07) is 11.8. The van der Waals surface area contributed by atoms with E-state index in [9.17, 15) is 5.41 Å². The van der Waals surface area contributed by atoms with Gasteiger partial charge < -0.3 is 20.4 Å². The van der Waals surface area contributed by atoms with Crippen LogP contribution >= 0.6 is 0 Å². The van der Waals surface area contributed by atoms with Crippen molar-refractivity contribution in [3.8, 4) is 0 Å². The van der Waals surface area contributed by atoms with E-state index in [0.29, 0.717) is 23.4 Å². The highest BCUT2D eigenvalue weighted by molar-refractivity contribution is 5.80. The SMILES string of the molecule is CC(C)CCCN1C(N)=NC[C@@H]1CCCCN1C[C@@H](Cc2ccccc2)N(CC2CCC(C(C)(C)C)CC2)C1=N. The zero-order chi connectivity index (χ0) is 28.7. The van der Waals surface area contributed by atoms with Crippen LogP contribution in [0, 0.1) is 28.6 Å². The van der Waals surface area contributed by atoms with Crippen molar-refractivity contribution in [3.05, 3.63) is 35.9 Å². The Kier molecular flexibility index (Phi) is 10.8. The van der Waals surface area contributed by atoms with Gasteiger partial charge in [-0.15, -0.1) is 0 Å². The van der Waals surface area contributed by atoms with Crippen LogP contribution in [0.5, 0.6) is 0 Å². The van der Waals surface area contributed by atoms with Gasteiger partial charge in [0, 0.05) is 26.2 Å². The summed E-state index contributed by atoms with van der Waals surface area (Å²) in [5.74, 6) is 3.80. The van der Waals surface area contributed by atoms with Crippen molar-refractivity contribution in [1.82, 2.24) is 14.7 Å². The van der Waals surface area contributed by atoms with Gasteiger partial charge in [-0.1, -0.05) is 65.0 Å². The molecule has 0 aromatic heterocycles. The molecule has 2 fully saturated rings. The second-order valence-corrected chi connectivity index (χ2v) is 14.4. The Morgan fingerprint density at radius 1 is 0.950 bits per heavy atom. The molecule has 1 aliphatic carbocycles. The average molecular weight is 551 g/mol. The fourth-order valence-electron chi connectivity index (χ4n) is 7.25. The van der Waals surface area contributed by atoms with Gasteiger partial charge in [-0.05, 0) is 92.9 Å². The Bertz CT molecular complexity index is 943. The van der Waals surface area contributed by atoms with Crippen LogP contribution < -0.4 is 5.73 Å². The lowest BCUT2D eigenvalue weighted by Gasteiger charge is -2.39. The van der Waals surface area contributed by atoms with Gasteiger partial charge in [0.15, 0.2) is 11.9 Å². The van der Waals surface area contributed by atoms with E-state index in [1.807, 2.05) is 0 Å². The second kappa shape index (κ2) is 14.1. The normalized spacial score (nSPS) is 25.8. The zero-order valence-electron chi connectivity index (χ0n) is 26.2. The van der Waals surface area contributed by atoms with Crippen LogP contribution in [0.25, 0.3) is 0 Å². The van der Waals surface area contributed by atoms with Crippen molar-refractivity contribution in [3.63, 3.8) is 0 Å². The van der Waals surface area contributed by atoms with Crippen LogP contribution in [0.4, 0.5) is 0 Å². The van der Waals surface area contributed by atoms with E-state index in [2.05, 4.69) is 84.6 Å². The Balaban J connectivity index is 1.28. The molecule has 0 spiro atoms. The lowest BCUT2D eigenvalue weighted by molar-refractivity contribution is 0.134. The van der Waals surface area contributed by atoms with E-state index in [4.69, 9.17) is 5.73 Å². The van der Waals surface area contributed by atoms with Crippen LogP contribution in [0.3, 0.4) is 0 Å². The molecule has 2 atom stereocenters. The summed E-state index contributed by atoms with van der Waals surface area (Å²) >= 11 is 0. The first kappa shape index (κ1) is 30.7. The van der Waals surface area contributed by atoms with Gasteiger partial charge in [0.1, 0.15) is 0 Å². The molecule has 224 valence electrons. The molecule has 3 aliphatic rings. The summed E-state index contributed by atoms with van der Waals surface area (Å²) in [5, 5.41) is 9.20. The van der Waals surface area contributed by atoms with Crippen molar-refractivity contribution in [1.29, 1.82) is 5.41 Å². The highest BCUT2D eigenvalue weighted by Gasteiger charge is 2.37. The molecule has 40 heavy (non-hydrogen) atoms. The maximum Gasteiger partial charge on any atom is 0.194 e. The molecule has 1 saturated heterocycles. The third-order valence-electron chi connectivity index (χ3n) is 9.88. The summed E-state index contributed by atoms with van der Waals surface area (Å²) in [6.07, 6.45) is 12.2. The van der Waals surface area contributed by atoms with E-state index in [1.54, 1.807) is 0 Å². The molecule has 1 aromatic carbocycles. The fourth-order valence-corrected chi connectivity index (χ4v) is 7.25. The smallest absolute Gasteiger partial charge is 0.194 e. The Morgan fingerprint density at radius 2 is 1.68 bits per heavy atom. The number of aliphatic imine (C=N–C) groups is 1. The third-order valence-corrected chi connectivity index (χ3v) is 9.88. The Labute approximate surface area is 245 Å². The van der Waals surface area contributed by atoms with Crippen LogP contribution in [0.2, 0.25) is 0 Å². The topological polar surface area (TPSA) is 72.0 Å². The van der Waals surface area contributed by atoms with Gasteiger partial charge in [-0.3, -0.25) is 10.4 Å². The number of guanidine groups is 2. The number of hydrogen-bond acceptors (Lipinski definition) is 4. The predicted molar refractivity (Wildman–Crippen MR) is 170 cm³/mol. The van der Waals surface area contributed by atoms with Gasteiger partial charge in [0.2, 0.25) is 0 Å². The molecular weight excluding hydrogens is 492 g/mol. The van der Waals surface area contributed by atoms with Crippen molar-refractivity contribution >= 4 is 11.9 Å². The minimum absolute atomic E-state index is 0.398. The zero-order valence-corrected chi connectivity index (χ0v) is 26.2. The third kappa shape index (κ3) is 8.39. The number of benzene rings is 1. The van der Waals surface area contributed by atoms with Gasteiger partial charge in [-0.25, -0.2) is 0 Å². The molecule has 6 nitrogen and oxygen atoms in total. The van der Waals surface area contributed by atoms with Gasteiger partial charge in [0.05, 0.1) is 18.6 Å². The first-order chi connectivity index (χ1) is 19.1. The first-order valence-corrected chi connectivity index (χ1v) is 16.3. The van der Waals surface area contributed by atoms with Crippen molar-refractivity contribution in [2.45, 2.75) is 111 Å². The van der Waals surface area contributed by atoms with Crippen LogP contribution in [0.1, 0.15) is 98.0 Å². The van der Waals surface area contributed by atoms with E-state index in [-0.39, 0.29) is 0 Å². The van der Waals surface area contributed by atoms with Gasteiger partial charge >= 0.3 is 0 Å². The molecule has 4 rings (SSSR count). The molecule has 0 bridgehead atoms. The molecule has 2 aliphatic heterocycles. The molecule has 3 N–H and O–H groups in total. The van der Waals surface area contributed by atoms with Crippen molar-refractivity contribution in [2.75, 3.05) is 32.7 Å². The lowest BCUT2D eigenvalue weighted by atomic mass is 9.70. The molecule has 0 radical (unpaired) electrons. The van der Waals surface area contributed by atoms with Crippen LogP contribution in [0.15, 0.2) is 35.3 Å². The largest absolute Gasteiger partial charge is 0.370 e. The number of unbranched alkanes of at least 4 members (excludes halogenated alkanes) is 1. The number of nitrogens with zero attached hydrogens (tertiary/aromatic N) is 4. The minimum atomic E-state index is 0.398. The van der Waals surface area contributed by atoms with Gasteiger partial charge in [0.25, 0.3) is 0 Å². The molecule has 0 unspecified atom stereocenters. The van der Waals surface area contributed by atoms with Crippen molar-refractivity contribution in [2.24, 2.45) is 33.9 Å². The van der Waals surface area contributed by atoms with Crippen molar-refractivity contribution < 1.29 is 0 Å². The minimum Gasteiger partial charge on any atom is -0.370 e. The summed E-state index contributed by atoms with van der Waals surface area (Å²) in [7, 11) is 0. The number of rotatable bonds is 13. The maximum atomic E-state index is 9.20. The van der Waals surface area contributed by atoms with E-state index in [0.717, 1.165) is 82.2 Å². The van der Waals surface area contributed by atoms with E-state index < -0.39 is 0 Å².